The van der Waals surface area contributed by atoms with Gasteiger partial charge in [-0.2, -0.15) is 0 Å². The van der Waals surface area contributed by atoms with Gasteiger partial charge in [0.25, 0.3) is 0 Å². The van der Waals surface area contributed by atoms with E-state index in [1.54, 1.807) is 14.0 Å². The maximum absolute atomic E-state index is 12.9. The molecule has 2 aliphatic heterocycles. The van der Waals surface area contributed by atoms with Crippen LogP contribution in [0.5, 0.6) is 23.0 Å². The summed E-state index contributed by atoms with van der Waals surface area (Å²) >= 11 is 0. The predicted octanol–water partition coefficient (Wildman–Crippen LogP) is 4.17. The molecule has 146 valence electrons. The Morgan fingerprint density at radius 3 is 2.39 bits per heavy atom. The summed E-state index contributed by atoms with van der Waals surface area (Å²) < 4.78 is 27.8. The van der Waals surface area contributed by atoms with Gasteiger partial charge >= 0.3 is 5.97 Å². The van der Waals surface area contributed by atoms with Crippen LogP contribution in [0.15, 0.2) is 47.7 Å². The van der Waals surface area contributed by atoms with Gasteiger partial charge in [0.05, 0.1) is 18.8 Å². The van der Waals surface area contributed by atoms with E-state index in [2.05, 4.69) is 0 Å². The van der Waals surface area contributed by atoms with E-state index in [1.165, 1.54) is 0 Å². The van der Waals surface area contributed by atoms with E-state index in [-0.39, 0.29) is 18.8 Å². The molecule has 2 aliphatic rings. The van der Waals surface area contributed by atoms with Crippen molar-refractivity contribution in [3.8, 4) is 23.0 Å². The van der Waals surface area contributed by atoms with Crippen LogP contribution in [-0.2, 0) is 9.53 Å². The van der Waals surface area contributed by atoms with Gasteiger partial charge in [0.1, 0.15) is 17.3 Å². The molecule has 0 saturated heterocycles. The highest BCUT2D eigenvalue weighted by Crippen LogP contribution is 2.49. The standard InChI is InChI=1S/C22H22O6/c1-12(2)27-22(23)20-13(3)28-17-10-19-18(25-11-26-19)9-16(17)21(20)14-5-7-15(24-4)8-6-14/h5-10,12,21H,11H2,1-4H3/t21-/m0/s1. The van der Waals surface area contributed by atoms with E-state index in [1.807, 2.05) is 50.2 Å². The lowest BCUT2D eigenvalue weighted by atomic mass is 9.82. The van der Waals surface area contributed by atoms with E-state index in [4.69, 9.17) is 23.7 Å². The Labute approximate surface area is 163 Å². The Kier molecular flexibility index (Phi) is 4.63. The number of ether oxygens (including phenoxy) is 5. The highest BCUT2D eigenvalue weighted by atomic mass is 16.7. The van der Waals surface area contributed by atoms with Gasteiger partial charge in [-0.25, -0.2) is 4.79 Å². The minimum absolute atomic E-state index is 0.167. The van der Waals surface area contributed by atoms with Crippen molar-refractivity contribution in [1.82, 2.24) is 0 Å². The van der Waals surface area contributed by atoms with Crippen LogP contribution >= 0.6 is 0 Å². The largest absolute Gasteiger partial charge is 0.497 e. The topological polar surface area (TPSA) is 63.2 Å². The van der Waals surface area contributed by atoms with E-state index < -0.39 is 5.97 Å². The zero-order valence-corrected chi connectivity index (χ0v) is 16.3. The summed E-state index contributed by atoms with van der Waals surface area (Å²) in [4.78, 5) is 12.9. The monoisotopic (exact) mass is 382 g/mol. The van der Waals surface area contributed by atoms with Gasteiger partial charge in [0, 0.05) is 17.5 Å². The zero-order valence-electron chi connectivity index (χ0n) is 16.3. The summed E-state index contributed by atoms with van der Waals surface area (Å²) in [5, 5.41) is 0. The van der Waals surface area contributed by atoms with Crippen LogP contribution in [0.2, 0.25) is 0 Å². The number of allylic oxidation sites excluding steroid dienone is 1. The highest BCUT2D eigenvalue weighted by molar-refractivity contribution is 5.93. The number of benzene rings is 2. The van der Waals surface area contributed by atoms with E-state index in [0.29, 0.717) is 28.6 Å². The quantitative estimate of drug-likeness (QED) is 0.740. The minimum atomic E-state index is -0.392. The molecule has 0 radical (unpaired) electrons. The van der Waals surface area contributed by atoms with Gasteiger partial charge in [0.2, 0.25) is 6.79 Å². The fraction of sp³-hybridized carbons (Fsp3) is 0.318. The molecule has 28 heavy (non-hydrogen) atoms. The second kappa shape index (κ2) is 7.11. The molecule has 0 aromatic heterocycles. The summed E-state index contributed by atoms with van der Waals surface area (Å²) in [5.74, 6) is 2.42. The molecule has 0 saturated carbocycles. The third kappa shape index (κ3) is 3.15. The summed E-state index contributed by atoms with van der Waals surface area (Å²) in [6, 6.07) is 11.3. The Balaban J connectivity index is 1.86. The molecule has 0 fully saturated rings. The molecule has 0 aliphatic carbocycles. The van der Waals surface area contributed by atoms with Crippen LogP contribution in [0.25, 0.3) is 0 Å². The normalized spacial score (nSPS) is 17.2. The van der Waals surface area contributed by atoms with Crippen molar-refractivity contribution in [2.75, 3.05) is 13.9 Å². The Morgan fingerprint density at radius 2 is 1.75 bits per heavy atom. The summed E-state index contributed by atoms with van der Waals surface area (Å²) in [7, 11) is 1.62. The molecule has 6 nitrogen and oxygen atoms in total. The third-order valence-corrected chi connectivity index (χ3v) is 4.76. The lowest BCUT2D eigenvalue weighted by Gasteiger charge is -2.29. The first-order valence-electron chi connectivity index (χ1n) is 9.15. The van der Waals surface area contributed by atoms with Crippen molar-refractivity contribution in [3.05, 3.63) is 58.9 Å². The van der Waals surface area contributed by atoms with Crippen molar-refractivity contribution in [1.29, 1.82) is 0 Å². The number of fused-ring (bicyclic) bond motifs is 2. The lowest BCUT2D eigenvalue weighted by Crippen LogP contribution is -2.25. The van der Waals surface area contributed by atoms with Crippen molar-refractivity contribution in [3.63, 3.8) is 0 Å². The Morgan fingerprint density at radius 1 is 1.07 bits per heavy atom. The fourth-order valence-corrected chi connectivity index (χ4v) is 3.51. The summed E-state index contributed by atoms with van der Waals surface area (Å²) in [6.07, 6.45) is -0.234. The average molecular weight is 382 g/mol. The molecular weight excluding hydrogens is 360 g/mol. The van der Waals surface area contributed by atoms with E-state index in [0.717, 1.165) is 16.9 Å². The number of esters is 1. The fourth-order valence-electron chi connectivity index (χ4n) is 3.51. The van der Waals surface area contributed by atoms with Gasteiger partial charge in [0.15, 0.2) is 11.5 Å². The van der Waals surface area contributed by atoms with Crippen molar-refractivity contribution in [2.24, 2.45) is 0 Å². The van der Waals surface area contributed by atoms with Crippen molar-refractivity contribution >= 4 is 5.97 Å². The molecule has 0 amide bonds. The van der Waals surface area contributed by atoms with Crippen LogP contribution in [0, 0.1) is 0 Å². The van der Waals surface area contributed by atoms with Gasteiger partial charge < -0.3 is 23.7 Å². The lowest BCUT2D eigenvalue weighted by molar-refractivity contribution is -0.143. The van der Waals surface area contributed by atoms with Crippen molar-refractivity contribution in [2.45, 2.75) is 32.8 Å². The minimum Gasteiger partial charge on any atom is -0.497 e. The van der Waals surface area contributed by atoms with E-state index >= 15 is 0 Å². The molecule has 0 N–H and O–H groups in total. The van der Waals surface area contributed by atoms with Gasteiger partial charge in [-0.3, -0.25) is 0 Å². The second-order valence-corrected chi connectivity index (χ2v) is 6.98. The van der Waals surface area contributed by atoms with E-state index in [9.17, 15) is 4.79 Å². The number of rotatable bonds is 4. The molecule has 2 aromatic rings. The highest BCUT2D eigenvalue weighted by Gasteiger charge is 2.36. The maximum Gasteiger partial charge on any atom is 0.338 e. The van der Waals surface area contributed by atoms with Crippen molar-refractivity contribution < 1.29 is 28.5 Å². The first-order chi connectivity index (χ1) is 13.5. The molecule has 2 aromatic carbocycles. The molecular formula is C22H22O6. The number of methoxy groups -OCH3 is 1. The molecule has 2 heterocycles. The Hall–Kier alpha value is -3.15. The predicted molar refractivity (Wildman–Crippen MR) is 102 cm³/mol. The van der Waals surface area contributed by atoms with Crippen LogP contribution in [0.3, 0.4) is 0 Å². The third-order valence-electron chi connectivity index (χ3n) is 4.76. The van der Waals surface area contributed by atoms with Crippen LogP contribution in [0.1, 0.15) is 37.8 Å². The smallest absolute Gasteiger partial charge is 0.338 e. The summed E-state index contributed by atoms with van der Waals surface area (Å²) in [5.41, 5.74) is 2.24. The zero-order chi connectivity index (χ0) is 19.8. The van der Waals surface area contributed by atoms with Gasteiger partial charge in [-0.05, 0) is 44.5 Å². The van der Waals surface area contributed by atoms with Gasteiger partial charge in [-0.1, -0.05) is 12.1 Å². The SMILES string of the molecule is COc1ccc([C@@H]2C(C(=O)OC(C)C)=C(C)Oc3cc4c(cc32)OCO4)cc1. The summed E-state index contributed by atoms with van der Waals surface area (Å²) in [6.45, 7) is 5.60. The number of hydrogen-bond acceptors (Lipinski definition) is 6. The average Bonchev–Trinajstić information content (AvgIpc) is 3.12. The number of hydrogen-bond donors (Lipinski definition) is 0. The van der Waals surface area contributed by atoms with Crippen LogP contribution < -0.4 is 18.9 Å². The van der Waals surface area contributed by atoms with Crippen LogP contribution in [0.4, 0.5) is 0 Å². The molecule has 6 heteroatoms. The number of carbonyl (C=O) groups excluding carboxylic acids is 1. The maximum atomic E-state index is 12.9. The molecule has 0 spiro atoms. The number of carbonyl (C=O) groups is 1. The molecule has 0 bridgehead atoms. The second-order valence-electron chi connectivity index (χ2n) is 6.98. The molecule has 0 unspecified atom stereocenters. The van der Waals surface area contributed by atoms with Crippen LogP contribution in [-0.4, -0.2) is 26.0 Å². The first kappa shape index (κ1) is 18.2. The molecule has 4 rings (SSSR count). The van der Waals surface area contributed by atoms with Gasteiger partial charge in [-0.15, -0.1) is 0 Å². The Bertz CT molecular complexity index is 942. The first-order valence-corrected chi connectivity index (χ1v) is 9.15. The molecule has 1 atom stereocenters.